The first kappa shape index (κ1) is 20.0. The lowest BCUT2D eigenvalue weighted by atomic mass is 10.1. The molecule has 0 spiro atoms. The van der Waals surface area contributed by atoms with E-state index in [0.717, 1.165) is 42.9 Å². The summed E-state index contributed by atoms with van der Waals surface area (Å²) in [7, 11) is 0. The van der Waals surface area contributed by atoms with Crippen LogP contribution in [0.2, 0.25) is 0 Å². The molecule has 4 rings (SSSR count). The zero-order valence-electron chi connectivity index (χ0n) is 17.2. The number of nitrogens with one attached hydrogen (secondary N) is 1. The number of hydrogen-bond donors (Lipinski definition) is 1. The summed E-state index contributed by atoms with van der Waals surface area (Å²) in [5.74, 6) is 0.770. The van der Waals surface area contributed by atoms with Crippen LogP contribution in [0.25, 0.3) is 6.08 Å². The van der Waals surface area contributed by atoms with Gasteiger partial charge in [-0.3, -0.25) is 4.79 Å². The van der Waals surface area contributed by atoms with Gasteiger partial charge in [0.15, 0.2) is 11.5 Å². The molecule has 3 heterocycles. The van der Waals surface area contributed by atoms with Crippen LogP contribution >= 0.6 is 0 Å². The number of amides is 1. The summed E-state index contributed by atoms with van der Waals surface area (Å²) in [5, 5.41) is 12.3. The van der Waals surface area contributed by atoms with Crippen LogP contribution in [0, 0.1) is 25.2 Å². The highest BCUT2D eigenvalue weighted by Crippen LogP contribution is 2.32. The Kier molecular flexibility index (Phi) is 5.77. The van der Waals surface area contributed by atoms with E-state index < -0.39 is 5.91 Å². The van der Waals surface area contributed by atoms with Crippen molar-refractivity contribution in [3.63, 3.8) is 0 Å². The number of nitrogens with zero attached hydrogens (tertiary/aromatic N) is 2. The van der Waals surface area contributed by atoms with Crippen LogP contribution in [0.3, 0.4) is 0 Å². The number of anilines is 1. The number of aromatic nitrogens is 1. The molecule has 156 valence electrons. The molecule has 2 aromatic rings. The van der Waals surface area contributed by atoms with Crippen LogP contribution in [0.15, 0.2) is 29.8 Å². The van der Waals surface area contributed by atoms with Crippen LogP contribution in [0.1, 0.15) is 29.8 Å². The second kappa shape index (κ2) is 8.64. The van der Waals surface area contributed by atoms with E-state index in [4.69, 9.17) is 14.2 Å². The Morgan fingerprint density at radius 2 is 2.03 bits per heavy atom. The Morgan fingerprint density at radius 1 is 1.23 bits per heavy atom. The molecule has 1 fully saturated rings. The van der Waals surface area contributed by atoms with Crippen molar-refractivity contribution in [3.8, 4) is 17.6 Å². The summed E-state index contributed by atoms with van der Waals surface area (Å²) < 4.78 is 19.0. The number of rotatable bonds is 5. The van der Waals surface area contributed by atoms with Gasteiger partial charge in [0.05, 0.1) is 6.10 Å². The van der Waals surface area contributed by atoms with E-state index in [1.807, 2.05) is 26.0 Å². The molecular weight excluding hydrogens is 382 g/mol. The molecule has 1 atom stereocenters. The third-order valence-corrected chi connectivity index (χ3v) is 5.49. The van der Waals surface area contributed by atoms with Crippen LogP contribution in [0.5, 0.6) is 11.5 Å². The molecule has 1 aromatic carbocycles. The predicted octanol–water partition coefficient (Wildman–Crippen LogP) is 3.60. The molecule has 2 aliphatic rings. The first-order valence-electron chi connectivity index (χ1n) is 10.2. The number of aryl methyl sites for hydroxylation is 1. The van der Waals surface area contributed by atoms with Crippen molar-refractivity contribution in [1.82, 2.24) is 4.57 Å². The summed E-state index contributed by atoms with van der Waals surface area (Å²) in [6, 6.07) is 9.20. The van der Waals surface area contributed by atoms with Gasteiger partial charge >= 0.3 is 0 Å². The topological polar surface area (TPSA) is 85.5 Å². The molecule has 30 heavy (non-hydrogen) atoms. The summed E-state index contributed by atoms with van der Waals surface area (Å²) >= 11 is 0. The summed E-state index contributed by atoms with van der Waals surface area (Å²) in [4.78, 5) is 12.7. The number of ether oxygens (including phenoxy) is 3. The molecule has 1 aromatic heterocycles. The fourth-order valence-corrected chi connectivity index (χ4v) is 3.87. The van der Waals surface area contributed by atoms with Crippen molar-refractivity contribution in [2.24, 2.45) is 0 Å². The van der Waals surface area contributed by atoms with Crippen LogP contribution in [-0.4, -0.2) is 36.4 Å². The van der Waals surface area contributed by atoms with Gasteiger partial charge in [0.1, 0.15) is 24.9 Å². The van der Waals surface area contributed by atoms with Gasteiger partial charge in [0, 0.05) is 36.3 Å². The summed E-state index contributed by atoms with van der Waals surface area (Å²) in [5.41, 5.74) is 3.55. The largest absolute Gasteiger partial charge is 0.486 e. The molecule has 7 heteroatoms. The smallest absolute Gasteiger partial charge is 0.266 e. The van der Waals surface area contributed by atoms with Gasteiger partial charge in [-0.25, -0.2) is 0 Å². The Bertz CT molecular complexity index is 1030. The first-order chi connectivity index (χ1) is 14.5. The van der Waals surface area contributed by atoms with Crippen molar-refractivity contribution in [2.75, 3.05) is 25.1 Å². The van der Waals surface area contributed by atoms with E-state index in [1.54, 1.807) is 24.3 Å². The molecule has 0 saturated carbocycles. The molecule has 0 radical (unpaired) electrons. The molecular formula is C23H25N3O4. The van der Waals surface area contributed by atoms with Gasteiger partial charge in [-0.1, -0.05) is 0 Å². The molecule has 2 aliphatic heterocycles. The third-order valence-electron chi connectivity index (χ3n) is 5.49. The minimum atomic E-state index is -0.460. The maximum absolute atomic E-state index is 12.7. The summed E-state index contributed by atoms with van der Waals surface area (Å²) in [6.07, 6.45) is 4.02. The number of carbonyl (C=O) groups excluding carboxylic acids is 1. The van der Waals surface area contributed by atoms with Gasteiger partial charge < -0.3 is 24.1 Å². The van der Waals surface area contributed by atoms with Crippen molar-refractivity contribution >= 4 is 17.7 Å². The van der Waals surface area contributed by atoms with Crippen molar-refractivity contribution in [2.45, 2.75) is 39.3 Å². The highest BCUT2D eigenvalue weighted by Gasteiger charge is 2.20. The Morgan fingerprint density at radius 3 is 2.77 bits per heavy atom. The number of fused-ring (bicyclic) bond motifs is 1. The molecule has 1 saturated heterocycles. The average molecular weight is 407 g/mol. The van der Waals surface area contributed by atoms with Crippen LogP contribution < -0.4 is 14.8 Å². The predicted molar refractivity (Wildman–Crippen MR) is 113 cm³/mol. The van der Waals surface area contributed by atoms with Gasteiger partial charge in [-0.15, -0.1) is 0 Å². The maximum Gasteiger partial charge on any atom is 0.266 e. The van der Waals surface area contributed by atoms with Crippen LogP contribution in [-0.2, 0) is 16.1 Å². The molecule has 1 N–H and O–H groups in total. The van der Waals surface area contributed by atoms with Crippen molar-refractivity contribution in [3.05, 3.63) is 46.8 Å². The minimum absolute atomic E-state index is 0.0438. The minimum Gasteiger partial charge on any atom is -0.486 e. The van der Waals surface area contributed by atoms with E-state index in [9.17, 15) is 10.1 Å². The van der Waals surface area contributed by atoms with Gasteiger partial charge in [-0.05, 0) is 56.5 Å². The second-order valence-corrected chi connectivity index (χ2v) is 7.55. The van der Waals surface area contributed by atoms with Gasteiger partial charge in [0.25, 0.3) is 5.91 Å². The number of benzene rings is 1. The lowest BCUT2D eigenvalue weighted by Gasteiger charge is -2.18. The highest BCUT2D eigenvalue weighted by atomic mass is 16.6. The van der Waals surface area contributed by atoms with Gasteiger partial charge in [-0.2, -0.15) is 5.26 Å². The SMILES string of the molecule is Cc1cc(/C=C(\C#N)C(=O)Nc2ccc3c(c2)OCCO3)c(C)n1CC1CCCO1. The lowest BCUT2D eigenvalue weighted by molar-refractivity contribution is -0.112. The van der Waals surface area contributed by atoms with E-state index in [1.165, 1.54) is 0 Å². The number of nitriles is 1. The van der Waals surface area contributed by atoms with Crippen molar-refractivity contribution < 1.29 is 19.0 Å². The van der Waals surface area contributed by atoms with E-state index >= 15 is 0 Å². The number of hydrogen-bond acceptors (Lipinski definition) is 5. The fraction of sp³-hybridized carbons (Fsp3) is 0.391. The molecule has 7 nitrogen and oxygen atoms in total. The molecule has 0 bridgehead atoms. The third kappa shape index (κ3) is 4.19. The summed E-state index contributed by atoms with van der Waals surface area (Å²) in [6.45, 7) is 6.61. The monoisotopic (exact) mass is 407 g/mol. The van der Waals surface area contributed by atoms with Crippen molar-refractivity contribution in [1.29, 1.82) is 5.26 Å². The number of carbonyl (C=O) groups is 1. The zero-order valence-corrected chi connectivity index (χ0v) is 17.2. The van der Waals surface area contributed by atoms with E-state index in [0.29, 0.717) is 30.4 Å². The van der Waals surface area contributed by atoms with Gasteiger partial charge in [0.2, 0.25) is 0 Å². The van der Waals surface area contributed by atoms with Crippen LogP contribution in [0.4, 0.5) is 5.69 Å². The fourth-order valence-electron chi connectivity index (χ4n) is 3.87. The molecule has 1 amide bonds. The Balaban J connectivity index is 1.52. The standard InChI is InChI=1S/C23H25N3O4/c1-15-10-17(16(2)26(15)14-20-4-3-7-28-20)11-18(13-24)23(27)25-19-5-6-21-22(12-19)30-9-8-29-21/h5-6,10-12,20H,3-4,7-9,14H2,1-2H3,(H,25,27)/b18-11+. The normalized spacial score (nSPS) is 18.2. The maximum atomic E-state index is 12.7. The molecule has 0 aliphatic carbocycles. The average Bonchev–Trinajstić information content (AvgIpc) is 3.35. The quantitative estimate of drug-likeness (QED) is 0.605. The second-order valence-electron chi connectivity index (χ2n) is 7.55. The zero-order chi connectivity index (χ0) is 21.1. The lowest BCUT2D eigenvalue weighted by Crippen LogP contribution is -2.17. The first-order valence-corrected chi connectivity index (χ1v) is 10.2. The van der Waals surface area contributed by atoms with E-state index in [-0.39, 0.29) is 11.7 Å². The Labute approximate surface area is 175 Å². The molecule has 1 unspecified atom stereocenters. The Hall–Kier alpha value is -3.24. The van der Waals surface area contributed by atoms with E-state index in [2.05, 4.69) is 9.88 Å². The highest BCUT2D eigenvalue weighted by molar-refractivity contribution is 6.09.